The summed E-state index contributed by atoms with van der Waals surface area (Å²) in [6, 6.07) is 11.6. The Morgan fingerprint density at radius 2 is 1.94 bits per heavy atom. The Labute approximate surface area is 196 Å². The lowest BCUT2D eigenvalue weighted by molar-refractivity contribution is -0.122. The van der Waals surface area contributed by atoms with Crippen LogP contribution in [0.25, 0.3) is 5.69 Å². The average Bonchev–Trinajstić information content (AvgIpc) is 3.39. The molecule has 0 unspecified atom stereocenters. The van der Waals surface area contributed by atoms with E-state index in [-0.39, 0.29) is 30.3 Å². The van der Waals surface area contributed by atoms with Gasteiger partial charge in [0.1, 0.15) is 17.1 Å². The maximum Gasteiger partial charge on any atom is 0.415 e. The van der Waals surface area contributed by atoms with Crippen LogP contribution in [0.3, 0.4) is 0 Å². The van der Waals surface area contributed by atoms with Gasteiger partial charge in [0.2, 0.25) is 5.91 Å². The first-order valence-electron chi connectivity index (χ1n) is 10.5. The molecule has 1 saturated heterocycles. The maximum atomic E-state index is 14.0. The molecule has 2 amide bonds. The van der Waals surface area contributed by atoms with Crippen molar-refractivity contribution in [2.75, 3.05) is 16.8 Å². The molecule has 1 aliphatic carbocycles. The smallest absolute Gasteiger partial charge is 0.415 e. The molecule has 1 aromatic carbocycles. The van der Waals surface area contributed by atoms with Gasteiger partial charge in [-0.25, -0.2) is 13.9 Å². The molecule has 0 atom stereocenters. The number of nitrogens with one attached hydrogen (secondary N) is 1. The summed E-state index contributed by atoms with van der Waals surface area (Å²) < 4.78 is 21.1. The van der Waals surface area contributed by atoms with Crippen LogP contribution in [0.15, 0.2) is 61.1 Å². The van der Waals surface area contributed by atoms with E-state index in [4.69, 9.17) is 4.74 Å². The number of halogens is 2. The highest BCUT2D eigenvalue weighted by Gasteiger charge is 2.48. The van der Waals surface area contributed by atoms with Crippen molar-refractivity contribution in [1.82, 2.24) is 14.8 Å². The fourth-order valence-electron chi connectivity index (χ4n) is 4.39. The first kappa shape index (κ1) is 22.7. The summed E-state index contributed by atoms with van der Waals surface area (Å²) in [4.78, 5) is 30.8. The Balaban J connectivity index is 0.00000259. The van der Waals surface area contributed by atoms with Crippen LogP contribution in [0.4, 0.5) is 20.7 Å². The van der Waals surface area contributed by atoms with Gasteiger partial charge in [0.05, 0.1) is 18.4 Å². The second kappa shape index (κ2) is 9.19. The number of rotatable bonds is 4. The number of benzene rings is 1. The third-order valence-electron chi connectivity index (χ3n) is 6.14. The summed E-state index contributed by atoms with van der Waals surface area (Å²) in [5, 5.41) is 7.09. The fraction of sp³-hybridized carbons (Fsp3) is 0.304. The molecule has 1 aliphatic heterocycles. The topological polar surface area (TPSA) is 89.3 Å². The van der Waals surface area contributed by atoms with Crippen molar-refractivity contribution in [1.29, 1.82) is 0 Å². The van der Waals surface area contributed by atoms with E-state index in [1.54, 1.807) is 53.8 Å². The molecule has 33 heavy (non-hydrogen) atoms. The first-order valence-corrected chi connectivity index (χ1v) is 10.5. The van der Waals surface area contributed by atoms with E-state index in [1.807, 2.05) is 6.07 Å². The number of carbonyl (C=O) groups is 2. The molecular weight excluding hydrogens is 449 g/mol. The molecule has 1 saturated carbocycles. The summed E-state index contributed by atoms with van der Waals surface area (Å²) in [5.41, 5.74) is 0.448. The first-order chi connectivity index (χ1) is 15.5. The number of pyridine rings is 1. The Hall–Kier alpha value is -3.46. The van der Waals surface area contributed by atoms with Gasteiger partial charge in [-0.3, -0.25) is 14.7 Å². The molecular formula is C23H23ClFN5O3. The number of ether oxygens (including phenoxy) is 1. The lowest BCUT2D eigenvalue weighted by atomic mass is 9.78. The van der Waals surface area contributed by atoms with Crippen molar-refractivity contribution in [3.8, 4) is 5.69 Å². The van der Waals surface area contributed by atoms with Gasteiger partial charge in [-0.05, 0) is 49.9 Å². The molecule has 172 valence electrons. The summed E-state index contributed by atoms with van der Waals surface area (Å²) in [7, 11) is 0. The number of amides is 2. The fourth-order valence-corrected chi connectivity index (χ4v) is 4.39. The van der Waals surface area contributed by atoms with Crippen LogP contribution in [-0.4, -0.2) is 38.9 Å². The second-order valence-corrected chi connectivity index (χ2v) is 8.21. The van der Waals surface area contributed by atoms with E-state index in [0.29, 0.717) is 49.4 Å². The number of hydrogen-bond donors (Lipinski definition) is 1. The molecule has 10 heteroatoms. The minimum atomic E-state index is -0.573. The van der Waals surface area contributed by atoms with Gasteiger partial charge in [-0.1, -0.05) is 12.1 Å². The van der Waals surface area contributed by atoms with Crippen LogP contribution in [-0.2, 0) is 9.53 Å². The van der Waals surface area contributed by atoms with Crippen LogP contribution < -0.4 is 10.2 Å². The predicted octanol–water partition coefficient (Wildman–Crippen LogP) is 4.35. The van der Waals surface area contributed by atoms with E-state index in [1.165, 1.54) is 10.7 Å². The summed E-state index contributed by atoms with van der Waals surface area (Å²) in [5.74, 6) is -0.358. The number of nitrogens with zero attached hydrogens (tertiary/aromatic N) is 4. The largest absolute Gasteiger partial charge is 0.441 e. The van der Waals surface area contributed by atoms with Crippen molar-refractivity contribution in [2.45, 2.75) is 31.3 Å². The van der Waals surface area contributed by atoms with Gasteiger partial charge in [0, 0.05) is 24.4 Å². The third kappa shape index (κ3) is 4.54. The maximum absolute atomic E-state index is 14.0. The monoisotopic (exact) mass is 471 g/mol. The standard InChI is InChI=1S/C23H22FN5O3.ClH/c24-18-5-1-2-6-19(18)29-13-9-20(27-29)26-21(30)16-7-10-23(11-8-16)15-28(22(31)32-23)17-4-3-12-25-14-17;/h1-6,9,12-14,16H,7-8,10-11,15H2,(H,26,27,30);1H/t16-,23-;. The number of hydrogen-bond acceptors (Lipinski definition) is 5. The predicted molar refractivity (Wildman–Crippen MR) is 122 cm³/mol. The molecule has 3 aromatic rings. The highest BCUT2D eigenvalue weighted by atomic mass is 35.5. The minimum Gasteiger partial charge on any atom is -0.441 e. The van der Waals surface area contributed by atoms with Gasteiger partial charge >= 0.3 is 6.09 Å². The van der Waals surface area contributed by atoms with Crippen LogP contribution in [0, 0.1) is 11.7 Å². The zero-order chi connectivity index (χ0) is 22.1. The molecule has 0 bridgehead atoms. The van der Waals surface area contributed by atoms with Crippen molar-refractivity contribution < 1.29 is 18.7 Å². The van der Waals surface area contributed by atoms with E-state index >= 15 is 0 Å². The Morgan fingerprint density at radius 1 is 1.15 bits per heavy atom. The van der Waals surface area contributed by atoms with E-state index in [2.05, 4.69) is 15.4 Å². The SMILES string of the molecule is Cl.O=C1O[C@]2(CC[C@H](C(=O)Nc3ccn(-c4ccccc4F)n3)CC2)CN1c1cccnc1. The van der Waals surface area contributed by atoms with Crippen molar-refractivity contribution >= 4 is 35.9 Å². The average molecular weight is 472 g/mol. The molecule has 3 heterocycles. The van der Waals surface area contributed by atoms with Crippen LogP contribution in [0.2, 0.25) is 0 Å². The van der Waals surface area contributed by atoms with Gasteiger partial charge in [-0.15, -0.1) is 17.5 Å². The lowest BCUT2D eigenvalue weighted by Crippen LogP contribution is -2.41. The molecule has 2 aromatic heterocycles. The Morgan fingerprint density at radius 3 is 2.67 bits per heavy atom. The molecule has 5 rings (SSSR count). The highest BCUT2D eigenvalue weighted by Crippen LogP contribution is 2.41. The molecule has 2 fully saturated rings. The Kier molecular flexibility index (Phi) is 6.33. The summed E-state index contributed by atoms with van der Waals surface area (Å²) in [6.07, 6.45) is 6.95. The van der Waals surface area contributed by atoms with Crippen LogP contribution >= 0.6 is 12.4 Å². The number of carbonyl (C=O) groups excluding carboxylic acids is 2. The highest BCUT2D eigenvalue weighted by molar-refractivity contribution is 5.92. The molecule has 8 nitrogen and oxygen atoms in total. The number of anilines is 2. The third-order valence-corrected chi connectivity index (χ3v) is 6.14. The zero-order valence-corrected chi connectivity index (χ0v) is 18.5. The normalized spacial score (nSPS) is 22.0. The van der Waals surface area contributed by atoms with Crippen molar-refractivity contribution in [3.05, 3.63) is 66.9 Å². The minimum absolute atomic E-state index is 0. The van der Waals surface area contributed by atoms with Gasteiger partial charge in [0.25, 0.3) is 0 Å². The zero-order valence-electron chi connectivity index (χ0n) is 17.7. The molecule has 1 spiro atoms. The van der Waals surface area contributed by atoms with Gasteiger partial charge in [-0.2, -0.15) is 0 Å². The van der Waals surface area contributed by atoms with Crippen LogP contribution in [0.5, 0.6) is 0 Å². The van der Waals surface area contributed by atoms with Gasteiger partial charge in [0.15, 0.2) is 5.82 Å². The van der Waals surface area contributed by atoms with E-state index in [0.717, 1.165) is 0 Å². The lowest BCUT2D eigenvalue weighted by Gasteiger charge is -2.34. The van der Waals surface area contributed by atoms with Crippen molar-refractivity contribution in [3.63, 3.8) is 0 Å². The Bertz CT molecular complexity index is 1150. The summed E-state index contributed by atoms with van der Waals surface area (Å²) in [6.45, 7) is 0.457. The van der Waals surface area contributed by atoms with Crippen LogP contribution in [0.1, 0.15) is 25.7 Å². The molecule has 2 aliphatic rings. The quantitative estimate of drug-likeness (QED) is 0.611. The number of para-hydroxylation sites is 1. The summed E-state index contributed by atoms with van der Waals surface area (Å²) >= 11 is 0. The second-order valence-electron chi connectivity index (χ2n) is 8.21. The van der Waals surface area contributed by atoms with E-state index in [9.17, 15) is 14.0 Å². The number of aromatic nitrogens is 3. The van der Waals surface area contributed by atoms with Gasteiger partial charge < -0.3 is 10.1 Å². The van der Waals surface area contributed by atoms with E-state index < -0.39 is 11.4 Å². The molecule has 0 radical (unpaired) electrons. The van der Waals surface area contributed by atoms with Crippen molar-refractivity contribution in [2.24, 2.45) is 5.92 Å². The molecule has 1 N–H and O–H groups in total.